The van der Waals surface area contributed by atoms with Gasteiger partial charge in [-0.05, 0) is 19.9 Å². The van der Waals surface area contributed by atoms with Crippen LogP contribution in [0.15, 0.2) is 18.6 Å². The van der Waals surface area contributed by atoms with Crippen molar-refractivity contribution < 1.29 is 4.74 Å². The number of nitrogens with one attached hydrogen (secondary N) is 1. The third-order valence-electron chi connectivity index (χ3n) is 2.15. The van der Waals surface area contributed by atoms with E-state index in [1.54, 1.807) is 12.3 Å². The molecule has 17 heavy (non-hydrogen) atoms. The molecule has 5 heteroatoms. The second-order valence-corrected chi connectivity index (χ2v) is 3.78. The zero-order chi connectivity index (χ0) is 12.3. The average Bonchev–Trinajstić information content (AvgIpc) is 2.70. The van der Waals surface area contributed by atoms with Crippen molar-refractivity contribution in [3.05, 3.63) is 24.2 Å². The van der Waals surface area contributed by atoms with Gasteiger partial charge in [-0.3, -0.25) is 0 Å². The standard InChI is InChI=1S/C12H12N4O/c1-8(2)17-12-10-9(4-3-5-13)6-14-11(10)15-7-16-12/h3-4,6-8H,1-2H3,(H,14,15,16)/b4-3-. The molecule has 2 rings (SSSR count). The highest BCUT2D eigenvalue weighted by molar-refractivity contribution is 5.90. The molecule has 0 aliphatic heterocycles. The largest absolute Gasteiger partial charge is 0.474 e. The molecule has 0 aliphatic carbocycles. The fourth-order valence-corrected chi connectivity index (χ4v) is 1.53. The highest BCUT2D eigenvalue weighted by Crippen LogP contribution is 2.26. The molecule has 0 aromatic carbocycles. The van der Waals surface area contributed by atoms with Gasteiger partial charge in [-0.15, -0.1) is 0 Å². The number of hydrogen-bond donors (Lipinski definition) is 1. The first-order valence-corrected chi connectivity index (χ1v) is 5.27. The van der Waals surface area contributed by atoms with Crippen LogP contribution in [0.4, 0.5) is 0 Å². The Hall–Kier alpha value is -2.35. The average molecular weight is 228 g/mol. The van der Waals surface area contributed by atoms with Crippen LogP contribution in [0.25, 0.3) is 17.1 Å². The van der Waals surface area contributed by atoms with Crippen molar-refractivity contribution in [2.24, 2.45) is 0 Å². The molecule has 86 valence electrons. The molecule has 0 saturated heterocycles. The molecule has 0 unspecified atom stereocenters. The second-order valence-electron chi connectivity index (χ2n) is 3.78. The molecule has 5 nitrogen and oxygen atoms in total. The highest BCUT2D eigenvalue weighted by Gasteiger charge is 2.11. The van der Waals surface area contributed by atoms with Crippen LogP contribution in [-0.4, -0.2) is 21.1 Å². The summed E-state index contributed by atoms with van der Waals surface area (Å²) in [7, 11) is 0. The van der Waals surface area contributed by atoms with Crippen molar-refractivity contribution in [1.29, 1.82) is 5.26 Å². The zero-order valence-corrected chi connectivity index (χ0v) is 9.64. The van der Waals surface area contributed by atoms with Gasteiger partial charge in [0.2, 0.25) is 5.88 Å². The van der Waals surface area contributed by atoms with Crippen molar-refractivity contribution in [2.45, 2.75) is 20.0 Å². The van der Waals surface area contributed by atoms with Gasteiger partial charge in [0.05, 0.1) is 17.6 Å². The number of aromatic amines is 1. The smallest absolute Gasteiger partial charge is 0.226 e. The Morgan fingerprint density at radius 2 is 2.29 bits per heavy atom. The van der Waals surface area contributed by atoms with E-state index in [1.807, 2.05) is 19.9 Å². The van der Waals surface area contributed by atoms with Gasteiger partial charge in [-0.1, -0.05) is 0 Å². The van der Waals surface area contributed by atoms with Gasteiger partial charge in [0.15, 0.2) is 0 Å². The number of nitriles is 1. The molecule has 0 fully saturated rings. The Morgan fingerprint density at radius 3 is 3.00 bits per heavy atom. The molecular weight excluding hydrogens is 216 g/mol. The van der Waals surface area contributed by atoms with Crippen LogP contribution in [0.3, 0.4) is 0 Å². The number of fused-ring (bicyclic) bond motifs is 1. The van der Waals surface area contributed by atoms with Crippen LogP contribution in [0.5, 0.6) is 5.88 Å². The third-order valence-corrected chi connectivity index (χ3v) is 2.15. The van der Waals surface area contributed by atoms with Crippen molar-refractivity contribution in [3.8, 4) is 11.9 Å². The van der Waals surface area contributed by atoms with E-state index in [4.69, 9.17) is 10.00 Å². The van der Waals surface area contributed by atoms with Gasteiger partial charge >= 0.3 is 0 Å². The van der Waals surface area contributed by atoms with Gasteiger partial charge in [0.25, 0.3) is 0 Å². The second kappa shape index (κ2) is 4.66. The normalized spacial score (nSPS) is 11.2. The lowest BCUT2D eigenvalue weighted by atomic mass is 10.2. The Morgan fingerprint density at radius 1 is 1.47 bits per heavy atom. The minimum absolute atomic E-state index is 0.0378. The van der Waals surface area contributed by atoms with Crippen LogP contribution >= 0.6 is 0 Å². The predicted molar refractivity (Wildman–Crippen MR) is 64.3 cm³/mol. The summed E-state index contributed by atoms with van der Waals surface area (Å²) < 4.78 is 5.62. The molecule has 2 aromatic rings. The molecule has 0 bridgehead atoms. The number of aromatic nitrogens is 3. The number of allylic oxidation sites excluding steroid dienone is 1. The number of hydrogen-bond acceptors (Lipinski definition) is 4. The van der Waals surface area contributed by atoms with Crippen LogP contribution in [0, 0.1) is 11.3 Å². The van der Waals surface area contributed by atoms with E-state index in [0.717, 1.165) is 10.9 Å². The molecule has 2 aromatic heterocycles. The van der Waals surface area contributed by atoms with Crippen molar-refractivity contribution in [1.82, 2.24) is 15.0 Å². The maximum absolute atomic E-state index is 8.54. The zero-order valence-electron chi connectivity index (χ0n) is 9.64. The van der Waals surface area contributed by atoms with E-state index in [9.17, 15) is 0 Å². The molecule has 0 saturated carbocycles. The number of nitrogens with zero attached hydrogens (tertiary/aromatic N) is 3. The molecule has 1 N–H and O–H groups in total. The van der Waals surface area contributed by atoms with Crippen molar-refractivity contribution >= 4 is 17.1 Å². The van der Waals surface area contributed by atoms with Crippen LogP contribution in [0.1, 0.15) is 19.4 Å². The molecule has 0 atom stereocenters. The predicted octanol–water partition coefficient (Wildman–Crippen LogP) is 2.28. The Balaban J connectivity index is 2.56. The molecular formula is C12H12N4O. The monoisotopic (exact) mass is 228 g/mol. The molecule has 0 amide bonds. The van der Waals surface area contributed by atoms with Gasteiger partial charge in [0.1, 0.15) is 12.0 Å². The SMILES string of the molecule is CC(C)Oc1ncnc2[nH]cc(/C=C\C#N)c12. The minimum atomic E-state index is 0.0378. The van der Waals surface area contributed by atoms with E-state index >= 15 is 0 Å². The number of rotatable bonds is 3. The summed E-state index contributed by atoms with van der Waals surface area (Å²) in [4.78, 5) is 11.3. The van der Waals surface area contributed by atoms with E-state index in [0.29, 0.717) is 11.5 Å². The van der Waals surface area contributed by atoms with Crippen LogP contribution in [0.2, 0.25) is 0 Å². The Labute approximate surface area is 98.8 Å². The van der Waals surface area contributed by atoms with Crippen molar-refractivity contribution in [3.63, 3.8) is 0 Å². The van der Waals surface area contributed by atoms with E-state index in [-0.39, 0.29) is 6.10 Å². The van der Waals surface area contributed by atoms with Gasteiger partial charge in [-0.2, -0.15) is 5.26 Å². The molecule has 2 heterocycles. The van der Waals surface area contributed by atoms with E-state index in [2.05, 4.69) is 15.0 Å². The summed E-state index contributed by atoms with van der Waals surface area (Å²) in [5, 5.41) is 9.34. The Bertz CT molecular complexity index is 592. The van der Waals surface area contributed by atoms with E-state index in [1.165, 1.54) is 12.4 Å². The fraction of sp³-hybridized carbons (Fsp3) is 0.250. The molecule has 0 radical (unpaired) electrons. The van der Waals surface area contributed by atoms with Gasteiger partial charge < -0.3 is 9.72 Å². The lowest BCUT2D eigenvalue weighted by Gasteiger charge is -2.09. The quantitative estimate of drug-likeness (QED) is 0.818. The lowest BCUT2D eigenvalue weighted by Crippen LogP contribution is -2.07. The van der Waals surface area contributed by atoms with Gasteiger partial charge in [-0.25, -0.2) is 9.97 Å². The summed E-state index contributed by atoms with van der Waals surface area (Å²) in [6, 6.07) is 1.95. The topological polar surface area (TPSA) is 74.6 Å². The minimum Gasteiger partial charge on any atom is -0.474 e. The summed E-state index contributed by atoms with van der Waals surface area (Å²) in [6.07, 6.45) is 6.38. The fourth-order valence-electron chi connectivity index (χ4n) is 1.53. The van der Waals surface area contributed by atoms with Gasteiger partial charge in [0, 0.05) is 17.8 Å². The van der Waals surface area contributed by atoms with Crippen molar-refractivity contribution in [2.75, 3.05) is 0 Å². The summed E-state index contributed by atoms with van der Waals surface area (Å²) in [6.45, 7) is 3.87. The summed E-state index contributed by atoms with van der Waals surface area (Å²) in [5.74, 6) is 0.531. The summed E-state index contributed by atoms with van der Waals surface area (Å²) in [5.41, 5.74) is 1.55. The number of ether oxygens (including phenoxy) is 1. The molecule has 0 aliphatic rings. The van der Waals surface area contributed by atoms with Crippen LogP contribution < -0.4 is 4.74 Å². The lowest BCUT2D eigenvalue weighted by molar-refractivity contribution is 0.235. The maximum atomic E-state index is 8.54. The first kappa shape index (κ1) is 11.1. The van der Waals surface area contributed by atoms with Crippen LogP contribution in [-0.2, 0) is 0 Å². The third kappa shape index (κ3) is 2.26. The Kier molecular flexibility index (Phi) is 3.06. The first-order chi connectivity index (χ1) is 8.22. The maximum Gasteiger partial charge on any atom is 0.226 e. The van der Waals surface area contributed by atoms with E-state index < -0.39 is 0 Å². The highest BCUT2D eigenvalue weighted by atomic mass is 16.5. The number of H-pyrrole nitrogens is 1. The first-order valence-electron chi connectivity index (χ1n) is 5.27. The molecule has 0 spiro atoms. The summed E-state index contributed by atoms with van der Waals surface area (Å²) >= 11 is 0.